The number of carboxylic acids is 1. The molecule has 11 heteroatoms. The molecule has 4 rings (SSSR count). The van der Waals surface area contributed by atoms with E-state index in [9.17, 15) is 9.59 Å². The summed E-state index contributed by atoms with van der Waals surface area (Å²) in [7, 11) is 3.19. The minimum atomic E-state index is -0.856. The summed E-state index contributed by atoms with van der Waals surface area (Å²) in [6, 6.07) is 11.7. The highest BCUT2D eigenvalue weighted by Crippen LogP contribution is 2.45. The summed E-state index contributed by atoms with van der Waals surface area (Å²) in [6.45, 7) is 8.83. The lowest BCUT2D eigenvalue weighted by Gasteiger charge is -2.31. The van der Waals surface area contributed by atoms with Gasteiger partial charge in [-0.3, -0.25) is 9.59 Å². The predicted octanol–water partition coefficient (Wildman–Crippen LogP) is 5.93. The number of nitrogens with zero attached hydrogens (tertiary/aromatic N) is 3. The number of anilines is 1. The SMILES string of the molecule is COc1cccc(C2O[C@H](Cc3nsc(SCCCC(=O)O)n3)C(=O)N(CC(C)(C)C)c3ccc(C)cc32)c1OC. The average Bonchev–Trinajstić information content (AvgIpc) is 3.34. The molecule has 0 saturated heterocycles. The van der Waals surface area contributed by atoms with Crippen LogP contribution in [0.1, 0.15) is 62.2 Å². The van der Waals surface area contributed by atoms with E-state index in [0.717, 1.165) is 26.7 Å². The van der Waals surface area contributed by atoms with Crippen molar-refractivity contribution >= 4 is 40.9 Å². The van der Waals surface area contributed by atoms with Gasteiger partial charge in [-0.15, -0.1) is 0 Å². The molecule has 9 nitrogen and oxygen atoms in total. The van der Waals surface area contributed by atoms with Gasteiger partial charge in [-0.2, -0.15) is 4.37 Å². The van der Waals surface area contributed by atoms with Crippen LogP contribution in [0.3, 0.4) is 0 Å². The molecule has 0 aliphatic carbocycles. The number of ether oxygens (including phenoxy) is 3. The van der Waals surface area contributed by atoms with Crippen LogP contribution in [0, 0.1) is 12.3 Å². The Labute approximate surface area is 249 Å². The quantitative estimate of drug-likeness (QED) is 0.212. The van der Waals surface area contributed by atoms with Gasteiger partial charge in [0, 0.05) is 42.0 Å². The first-order valence-corrected chi connectivity index (χ1v) is 15.2. The summed E-state index contributed by atoms with van der Waals surface area (Å²) in [6.07, 6.45) is -0.617. The highest BCUT2D eigenvalue weighted by molar-refractivity contribution is 8.00. The fraction of sp³-hybridized carbons (Fsp3) is 0.467. The third-order valence-electron chi connectivity index (χ3n) is 6.52. The lowest BCUT2D eigenvalue weighted by Crippen LogP contribution is -2.44. The normalized spacial score (nSPS) is 17.2. The summed E-state index contributed by atoms with van der Waals surface area (Å²) in [5, 5.41) is 8.88. The number of thioether (sulfide) groups is 1. The Morgan fingerprint density at radius 2 is 1.95 bits per heavy atom. The van der Waals surface area contributed by atoms with E-state index in [1.54, 1.807) is 14.2 Å². The molecule has 0 saturated carbocycles. The number of fused-ring (bicyclic) bond motifs is 1. The molecule has 1 unspecified atom stereocenters. The largest absolute Gasteiger partial charge is 0.493 e. The molecule has 3 aromatic rings. The van der Waals surface area contributed by atoms with Gasteiger partial charge in [0.15, 0.2) is 15.8 Å². The molecule has 1 aliphatic heterocycles. The van der Waals surface area contributed by atoms with Gasteiger partial charge in [0.25, 0.3) is 5.91 Å². The first-order chi connectivity index (χ1) is 19.5. The lowest BCUT2D eigenvalue weighted by atomic mass is 9.93. The van der Waals surface area contributed by atoms with E-state index < -0.39 is 18.2 Å². The van der Waals surface area contributed by atoms with Crippen molar-refractivity contribution < 1.29 is 28.9 Å². The predicted molar refractivity (Wildman–Crippen MR) is 160 cm³/mol. The minimum absolute atomic E-state index is 0.113. The van der Waals surface area contributed by atoms with Crippen molar-refractivity contribution in [2.75, 3.05) is 31.4 Å². The van der Waals surface area contributed by atoms with Gasteiger partial charge in [-0.1, -0.05) is 62.4 Å². The summed E-state index contributed by atoms with van der Waals surface area (Å²) in [4.78, 5) is 31.5. The van der Waals surface area contributed by atoms with Gasteiger partial charge in [0.05, 0.1) is 14.2 Å². The third-order valence-corrected chi connectivity index (χ3v) is 8.48. The second-order valence-corrected chi connectivity index (χ2v) is 13.3. The fourth-order valence-electron chi connectivity index (χ4n) is 4.78. The molecule has 1 aliphatic rings. The van der Waals surface area contributed by atoms with E-state index in [2.05, 4.69) is 36.2 Å². The van der Waals surface area contributed by atoms with Gasteiger partial charge in [0.1, 0.15) is 18.0 Å². The van der Waals surface area contributed by atoms with Gasteiger partial charge >= 0.3 is 5.97 Å². The van der Waals surface area contributed by atoms with E-state index in [-0.39, 0.29) is 24.2 Å². The Morgan fingerprint density at radius 1 is 1.17 bits per heavy atom. The molecule has 2 heterocycles. The zero-order valence-electron chi connectivity index (χ0n) is 24.3. The Morgan fingerprint density at radius 3 is 2.63 bits per heavy atom. The standard InChI is InChI=1S/C30H37N3O6S2/c1-18-12-13-21-20(15-18)26(19-9-7-10-22(37-5)27(19)38-6)39-23(28(36)33(21)17-30(2,3)4)16-24-31-29(41-32-24)40-14-8-11-25(34)35/h7,9-10,12-13,15,23,26H,8,11,14,16-17H2,1-6H3,(H,34,35)/t23-,26?/m1/s1. The van der Waals surface area contributed by atoms with Gasteiger partial charge in [0.2, 0.25) is 0 Å². The number of aryl methyl sites for hydroxylation is 1. The van der Waals surface area contributed by atoms with E-state index in [4.69, 9.17) is 19.3 Å². The molecule has 1 N–H and O–H groups in total. The Bertz CT molecular complexity index is 1390. The number of amides is 1. The zero-order chi connectivity index (χ0) is 29.7. The molecular formula is C30H37N3O6S2. The zero-order valence-corrected chi connectivity index (χ0v) is 25.9. The minimum Gasteiger partial charge on any atom is -0.493 e. The van der Waals surface area contributed by atoms with Crippen molar-refractivity contribution in [3.05, 3.63) is 58.9 Å². The van der Waals surface area contributed by atoms with Crippen molar-refractivity contribution in [3.63, 3.8) is 0 Å². The first-order valence-electron chi connectivity index (χ1n) is 13.5. The number of carboxylic acid groups (broad SMARTS) is 1. The molecule has 220 valence electrons. The van der Waals surface area contributed by atoms with Crippen molar-refractivity contribution in [3.8, 4) is 11.5 Å². The summed E-state index contributed by atoms with van der Waals surface area (Å²) < 4.78 is 23.4. The fourth-order valence-corrected chi connectivity index (χ4v) is 6.43. The number of aromatic nitrogens is 2. The van der Waals surface area contributed by atoms with Crippen molar-refractivity contribution in [2.24, 2.45) is 5.41 Å². The van der Waals surface area contributed by atoms with E-state index in [0.29, 0.717) is 36.0 Å². The van der Waals surface area contributed by atoms with Crippen molar-refractivity contribution in [1.29, 1.82) is 0 Å². The van der Waals surface area contributed by atoms with Crippen LogP contribution in [0.2, 0.25) is 0 Å². The maximum absolute atomic E-state index is 14.2. The lowest BCUT2D eigenvalue weighted by molar-refractivity contribution is -0.137. The Kier molecular flexibility index (Phi) is 9.93. The highest BCUT2D eigenvalue weighted by Gasteiger charge is 2.39. The number of benzene rings is 2. The molecule has 0 spiro atoms. The molecule has 0 radical (unpaired) electrons. The Hall–Kier alpha value is -3.15. The molecule has 1 aromatic heterocycles. The van der Waals surface area contributed by atoms with Crippen LogP contribution in [0.25, 0.3) is 0 Å². The molecule has 2 atom stereocenters. The summed E-state index contributed by atoms with van der Waals surface area (Å²) >= 11 is 2.72. The average molecular weight is 600 g/mol. The van der Waals surface area contributed by atoms with Crippen LogP contribution in [-0.4, -0.2) is 59.0 Å². The molecular weight excluding hydrogens is 562 g/mol. The maximum atomic E-state index is 14.2. The number of aliphatic carboxylic acids is 1. The van der Waals surface area contributed by atoms with Gasteiger partial charge < -0.3 is 24.2 Å². The number of methoxy groups -OCH3 is 2. The van der Waals surface area contributed by atoms with Gasteiger partial charge in [-0.05, 0) is 42.4 Å². The maximum Gasteiger partial charge on any atom is 0.303 e. The van der Waals surface area contributed by atoms with Crippen LogP contribution in [0.5, 0.6) is 11.5 Å². The number of hydrogen-bond acceptors (Lipinski definition) is 9. The first kappa shape index (κ1) is 30.8. The number of rotatable bonds is 11. The van der Waals surface area contributed by atoms with Crippen molar-refractivity contribution in [2.45, 2.75) is 63.5 Å². The monoisotopic (exact) mass is 599 g/mol. The van der Waals surface area contributed by atoms with E-state index in [1.165, 1.54) is 23.3 Å². The third kappa shape index (κ3) is 7.58. The number of hydrogen-bond donors (Lipinski definition) is 1. The highest BCUT2D eigenvalue weighted by atomic mass is 32.2. The number of para-hydroxylation sites is 1. The topological polar surface area (TPSA) is 111 Å². The van der Waals surface area contributed by atoms with Crippen LogP contribution in [-0.2, 0) is 20.7 Å². The van der Waals surface area contributed by atoms with Crippen LogP contribution in [0.15, 0.2) is 40.7 Å². The molecule has 0 bridgehead atoms. The second-order valence-electron chi connectivity index (χ2n) is 11.2. The van der Waals surface area contributed by atoms with Crippen molar-refractivity contribution in [1.82, 2.24) is 9.36 Å². The second kappa shape index (κ2) is 13.2. The van der Waals surface area contributed by atoms with Crippen LogP contribution in [0.4, 0.5) is 5.69 Å². The molecule has 0 fully saturated rings. The molecule has 41 heavy (non-hydrogen) atoms. The van der Waals surface area contributed by atoms with E-state index in [1.807, 2.05) is 42.2 Å². The number of carbonyl (C=O) groups excluding carboxylic acids is 1. The summed E-state index contributed by atoms with van der Waals surface area (Å²) in [5.41, 5.74) is 3.31. The Balaban J connectivity index is 1.74. The van der Waals surface area contributed by atoms with Crippen LogP contribution < -0.4 is 14.4 Å². The summed E-state index contributed by atoms with van der Waals surface area (Å²) in [5.74, 6) is 1.31. The molecule has 2 aromatic carbocycles. The smallest absolute Gasteiger partial charge is 0.303 e. The van der Waals surface area contributed by atoms with Crippen LogP contribution >= 0.6 is 23.3 Å². The molecule has 1 amide bonds. The van der Waals surface area contributed by atoms with E-state index >= 15 is 0 Å². The number of carbonyl (C=O) groups is 2. The van der Waals surface area contributed by atoms with Gasteiger partial charge in [-0.25, -0.2) is 4.98 Å².